The molecule has 0 spiro atoms. The molecule has 0 aliphatic carbocycles. The topological polar surface area (TPSA) is 60.9 Å². The van der Waals surface area contributed by atoms with Crippen LogP contribution < -0.4 is 4.90 Å². The zero-order valence-electron chi connectivity index (χ0n) is 16.2. The molecule has 2 aliphatic rings. The smallest absolute Gasteiger partial charge is 0.414 e. The largest absolute Gasteiger partial charge is 0.443 e. The summed E-state index contributed by atoms with van der Waals surface area (Å²) in [5, 5.41) is 0. The maximum Gasteiger partial charge on any atom is 0.414 e. The number of aromatic nitrogens is 1. The lowest BCUT2D eigenvalue weighted by atomic mass is 10.0. The Morgan fingerprint density at radius 2 is 2.04 bits per heavy atom. The first-order chi connectivity index (χ1) is 13.3. The fraction of sp³-hybridized carbons (Fsp3) is 0.429. The van der Waals surface area contributed by atoms with Gasteiger partial charge in [0.1, 0.15) is 17.1 Å². The second-order valence-corrected chi connectivity index (χ2v) is 7.86. The van der Waals surface area contributed by atoms with Crippen molar-refractivity contribution in [2.45, 2.75) is 39.1 Å². The van der Waals surface area contributed by atoms with Gasteiger partial charge in [-0.15, -0.1) is 0 Å². The van der Waals surface area contributed by atoms with Gasteiger partial charge in [-0.2, -0.15) is 0 Å². The number of hydrogen-bond donors (Lipinski definition) is 0. The number of hydrogen-bond acceptors (Lipinski definition) is 5. The number of benzene rings is 1. The molecule has 2 aromatic rings. The van der Waals surface area contributed by atoms with Gasteiger partial charge in [0.15, 0.2) is 6.29 Å². The van der Waals surface area contributed by atoms with Crippen LogP contribution in [0.3, 0.4) is 0 Å². The molecule has 6 nitrogen and oxygen atoms in total. The number of pyridine rings is 1. The Morgan fingerprint density at radius 1 is 1.29 bits per heavy atom. The van der Waals surface area contributed by atoms with Crippen LogP contribution in [0.2, 0.25) is 0 Å². The molecule has 0 N–H and O–H groups in total. The highest BCUT2D eigenvalue weighted by Crippen LogP contribution is 2.37. The van der Waals surface area contributed by atoms with Crippen LogP contribution in [0.4, 0.5) is 14.9 Å². The van der Waals surface area contributed by atoms with E-state index in [2.05, 4.69) is 4.98 Å². The highest BCUT2D eigenvalue weighted by Gasteiger charge is 2.31. The molecule has 148 valence electrons. The first-order valence-electron chi connectivity index (χ1n) is 9.35. The minimum atomic E-state index is -0.578. The summed E-state index contributed by atoms with van der Waals surface area (Å²) in [6, 6.07) is 6.88. The molecule has 28 heavy (non-hydrogen) atoms. The van der Waals surface area contributed by atoms with Crippen LogP contribution in [0.15, 0.2) is 30.5 Å². The maximum absolute atomic E-state index is 14.9. The van der Waals surface area contributed by atoms with Gasteiger partial charge in [0.2, 0.25) is 0 Å². The highest BCUT2D eigenvalue weighted by atomic mass is 19.1. The van der Waals surface area contributed by atoms with Gasteiger partial charge in [0, 0.05) is 23.9 Å². The van der Waals surface area contributed by atoms with Crippen molar-refractivity contribution in [2.24, 2.45) is 0 Å². The quantitative estimate of drug-likeness (QED) is 0.773. The predicted molar refractivity (Wildman–Crippen MR) is 102 cm³/mol. The van der Waals surface area contributed by atoms with Crippen LogP contribution in [-0.2, 0) is 20.6 Å². The number of anilines is 1. The van der Waals surface area contributed by atoms with Gasteiger partial charge in [-0.3, -0.25) is 9.88 Å². The lowest BCUT2D eigenvalue weighted by Crippen LogP contribution is -2.35. The van der Waals surface area contributed by atoms with E-state index in [9.17, 15) is 9.18 Å². The van der Waals surface area contributed by atoms with Crippen molar-refractivity contribution < 1.29 is 23.4 Å². The van der Waals surface area contributed by atoms with Crippen molar-refractivity contribution >= 4 is 11.8 Å². The van der Waals surface area contributed by atoms with E-state index in [1.54, 1.807) is 17.2 Å². The molecule has 2 aliphatic heterocycles. The fourth-order valence-electron chi connectivity index (χ4n) is 3.49. The molecule has 0 saturated carbocycles. The number of rotatable bonds is 2. The molecular formula is C21H23FN2O4. The Kier molecular flexibility index (Phi) is 4.81. The second-order valence-electron chi connectivity index (χ2n) is 7.86. The van der Waals surface area contributed by atoms with Crippen LogP contribution in [0, 0.1) is 5.82 Å². The number of fused-ring (bicyclic) bond motifs is 1. The summed E-state index contributed by atoms with van der Waals surface area (Å²) in [6.07, 6.45) is 1.22. The average molecular weight is 386 g/mol. The van der Waals surface area contributed by atoms with Crippen molar-refractivity contribution in [3.63, 3.8) is 0 Å². The first kappa shape index (κ1) is 18.8. The van der Waals surface area contributed by atoms with Gasteiger partial charge >= 0.3 is 6.09 Å². The van der Waals surface area contributed by atoms with E-state index in [0.29, 0.717) is 37.3 Å². The standard InChI is InChI=1S/C21H23FN2O4/c1-21(2,3)28-20(25)24-8-7-14-15(5-4-6-17(14)24)18-16(22)11-13(12-23-18)19-26-9-10-27-19/h4-6,11-12,19H,7-10H2,1-3H3. The third-order valence-electron chi connectivity index (χ3n) is 4.65. The van der Waals surface area contributed by atoms with E-state index in [-0.39, 0.29) is 5.69 Å². The fourth-order valence-corrected chi connectivity index (χ4v) is 3.49. The van der Waals surface area contributed by atoms with Crippen molar-refractivity contribution in [2.75, 3.05) is 24.7 Å². The summed E-state index contributed by atoms with van der Waals surface area (Å²) in [4.78, 5) is 18.4. The molecule has 0 unspecified atom stereocenters. The molecule has 1 amide bonds. The van der Waals surface area contributed by atoms with Crippen LogP contribution in [0.25, 0.3) is 11.3 Å². The van der Waals surface area contributed by atoms with Crippen molar-refractivity contribution in [3.05, 3.63) is 47.4 Å². The van der Waals surface area contributed by atoms with E-state index in [1.165, 1.54) is 6.07 Å². The molecule has 1 aromatic carbocycles. The van der Waals surface area contributed by atoms with E-state index in [0.717, 1.165) is 11.3 Å². The van der Waals surface area contributed by atoms with Gasteiger partial charge < -0.3 is 14.2 Å². The number of amides is 1. The molecule has 7 heteroatoms. The van der Waals surface area contributed by atoms with E-state index >= 15 is 0 Å². The molecule has 0 radical (unpaired) electrons. The first-order valence-corrected chi connectivity index (χ1v) is 9.35. The maximum atomic E-state index is 14.9. The molecule has 1 saturated heterocycles. The number of halogens is 1. The highest BCUT2D eigenvalue weighted by molar-refractivity contribution is 5.92. The lowest BCUT2D eigenvalue weighted by Gasteiger charge is -2.25. The van der Waals surface area contributed by atoms with Crippen molar-refractivity contribution in [1.29, 1.82) is 0 Å². The number of ether oxygens (including phenoxy) is 3. The monoisotopic (exact) mass is 386 g/mol. The lowest BCUT2D eigenvalue weighted by molar-refractivity contribution is -0.0445. The second kappa shape index (κ2) is 7.14. The normalized spacial score (nSPS) is 17.1. The number of carbonyl (C=O) groups excluding carboxylic acids is 1. The summed E-state index contributed by atoms with van der Waals surface area (Å²) in [5.41, 5.74) is 2.54. The SMILES string of the molecule is CC(C)(C)OC(=O)N1CCc2c(-c3ncc(C4OCCO4)cc3F)cccc21. The third-order valence-corrected chi connectivity index (χ3v) is 4.65. The number of nitrogens with zero attached hydrogens (tertiary/aromatic N) is 2. The minimum absolute atomic E-state index is 0.254. The summed E-state index contributed by atoms with van der Waals surface area (Å²) < 4.78 is 31.2. The van der Waals surface area contributed by atoms with Gasteiger partial charge in [-0.1, -0.05) is 12.1 Å². The zero-order valence-corrected chi connectivity index (χ0v) is 16.2. The van der Waals surface area contributed by atoms with Crippen molar-refractivity contribution in [1.82, 2.24) is 4.98 Å². The van der Waals surface area contributed by atoms with E-state index < -0.39 is 23.8 Å². The Balaban J connectivity index is 1.65. The minimum Gasteiger partial charge on any atom is -0.443 e. The van der Waals surface area contributed by atoms with Gasteiger partial charge in [0.05, 0.1) is 18.9 Å². The van der Waals surface area contributed by atoms with E-state index in [4.69, 9.17) is 14.2 Å². The Hall–Kier alpha value is -2.51. The van der Waals surface area contributed by atoms with Crippen molar-refractivity contribution in [3.8, 4) is 11.3 Å². The average Bonchev–Trinajstić information content (AvgIpc) is 3.30. The van der Waals surface area contributed by atoms with Gasteiger partial charge in [0.25, 0.3) is 0 Å². The molecule has 3 heterocycles. The van der Waals surface area contributed by atoms with Gasteiger partial charge in [-0.05, 0) is 44.9 Å². The number of carbonyl (C=O) groups is 1. The summed E-state index contributed by atoms with van der Waals surface area (Å²) in [6.45, 7) is 6.96. The summed E-state index contributed by atoms with van der Waals surface area (Å²) in [5.74, 6) is -0.444. The molecule has 0 atom stereocenters. The molecule has 1 fully saturated rings. The Labute approximate surface area is 163 Å². The molecule has 4 rings (SSSR count). The Morgan fingerprint density at radius 3 is 2.71 bits per heavy atom. The predicted octanol–water partition coefficient (Wildman–Crippen LogP) is 4.23. The third kappa shape index (κ3) is 3.59. The van der Waals surface area contributed by atoms with Crippen LogP contribution in [0.5, 0.6) is 0 Å². The van der Waals surface area contributed by atoms with Crippen LogP contribution >= 0.6 is 0 Å². The van der Waals surface area contributed by atoms with Crippen LogP contribution in [-0.4, -0.2) is 36.4 Å². The summed E-state index contributed by atoms with van der Waals surface area (Å²) >= 11 is 0. The molecule has 1 aromatic heterocycles. The zero-order chi connectivity index (χ0) is 19.9. The van der Waals surface area contributed by atoms with E-state index in [1.807, 2.05) is 32.9 Å². The Bertz CT molecular complexity index is 904. The molecule has 0 bridgehead atoms. The van der Waals surface area contributed by atoms with Gasteiger partial charge in [-0.25, -0.2) is 9.18 Å². The molecular weight excluding hydrogens is 363 g/mol. The van der Waals surface area contributed by atoms with Crippen LogP contribution in [0.1, 0.15) is 38.2 Å². The summed E-state index contributed by atoms with van der Waals surface area (Å²) in [7, 11) is 0.